The minimum Gasteiger partial charge on any atom is -0.469 e. The van der Waals surface area contributed by atoms with Crippen LogP contribution in [0.5, 0.6) is 0 Å². The van der Waals surface area contributed by atoms with Gasteiger partial charge in [0, 0.05) is 12.6 Å². The monoisotopic (exact) mass is 291 g/mol. The number of carbonyl (C=O) groups excluding carboxylic acids is 1. The van der Waals surface area contributed by atoms with E-state index in [2.05, 4.69) is 14.9 Å². The number of nitrogens with one attached hydrogen (secondary N) is 1. The van der Waals surface area contributed by atoms with Crippen LogP contribution in [0.15, 0.2) is 18.2 Å². The van der Waals surface area contributed by atoms with E-state index in [-0.39, 0.29) is 17.8 Å². The molecule has 5 nitrogen and oxygen atoms in total. The summed E-state index contributed by atoms with van der Waals surface area (Å²) in [6.45, 7) is 0.837. The fourth-order valence-electron chi connectivity index (χ4n) is 2.87. The highest BCUT2D eigenvalue weighted by atomic mass is 19.1. The number of methoxy groups -OCH3 is 1. The maximum Gasteiger partial charge on any atom is 0.307 e. The molecule has 21 heavy (non-hydrogen) atoms. The molecule has 2 aromatic rings. The summed E-state index contributed by atoms with van der Waals surface area (Å²) in [5, 5.41) is 0. The van der Waals surface area contributed by atoms with Crippen LogP contribution in [0.4, 0.5) is 10.3 Å². The Labute approximate surface area is 122 Å². The lowest BCUT2D eigenvalue weighted by atomic mass is 10.00. The smallest absolute Gasteiger partial charge is 0.307 e. The number of H-pyrrole nitrogens is 1. The molecule has 0 saturated carbocycles. The van der Waals surface area contributed by atoms with Crippen LogP contribution in [-0.4, -0.2) is 35.6 Å². The van der Waals surface area contributed by atoms with Crippen LogP contribution in [0.25, 0.3) is 11.0 Å². The average Bonchev–Trinajstić information content (AvgIpc) is 2.90. The zero-order valence-corrected chi connectivity index (χ0v) is 11.9. The SMILES string of the molecule is COC(=O)CC1CCCCN1c1nc2ccc(F)cc2[nH]1. The van der Waals surface area contributed by atoms with Gasteiger partial charge < -0.3 is 14.6 Å². The van der Waals surface area contributed by atoms with E-state index in [1.54, 1.807) is 6.07 Å². The van der Waals surface area contributed by atoms with Gasteiger partial charge >= 0.3 is 5.97 Å². The van der Waals surface area contributed by atoms with Crippen molar-refractivity contribution in [3.8, 4) is 0 Å². The standard InChI is InChI=1S/C15H18FN3O2/c1-21-14(20)9-11-4-2-3-7-19(11)15-17-12-6-5-10(16)8-13(12)18-15/h5-6,8,11H,2-4,7,9H2,1H3,(H,17,18). The third-order valence-electron chi connectivity index (χ3n) is 3.96. The largest absolute Gasteiger partial charge is 0.469 e. The van der Waals surface area contributed by atoms with Crippen LogP contribution in [0.2, 0.25) is 0 Å². The first-order valence-electron chi connectivity index (χ1n) is 7.16. The molecule has 0 aliphatic carbocycles. The summed E-state index contributed by atoms with van der Waals surface area (Å²) >= 11 is 0. The lowest BCUT2D eigenvalue weighted by Gasteiger charge is -2.34. The number of imidazole rings is 1. The third-order valence-corrected chi connectivity index (χ3v) is 3.96. The predicted molar refractivity (Wildman–Crippen MR) is 77.7 cm³/mol. The molecule has 1 N–H and O–H groups in total. The molecular formula is C15H18FN3O2. The van der Waals surface area contributed by atoms with E-state index in [0.29, 0.717) is 17.9 Å². The number of aromatic nitrogens is 2. The molecule has 1 saturated heterocycles. The van der Waals surface area contributed by atoms with Crippen molar-refractivity contribution in [1.82, 2.24) is 9.97 Å². The van der Waals surface area contributed by atoms with Gasteiger partial charge in [0.15, 0.2) is 0 Å². The molecule has 1 fully saturated rings. The highest BCUT2D eigenvalue weighted by Gasteiger charge is 2.27. The summed E-state index contributed by atoms with van der Waals surface area (Å²) in [6.07, 6.45) is 3.43. The molecule has 1 unspecified atom stereocenters. The van der Waals surface area contributed by atoms with Gasteiger partial charge in [-0.3, -0.25) is 4.79 Å². The number of piperidine rings is 1. The van der Waals surface area contributed by atoms with E-state index in [1.165, 1.54) is 19.2 Å². The minimum atomic E-state index is -0.289. The molecule has 0 bridgehead atoms. The van der Waals surface area contributed by atoms with Gasteiger partial charge in [0.25, 0.3) is 0 Å². The molecule has 0 amide bonds. The Morgan fingerprint density at radius 1 is 1.52 bits per heavy atom. The molecule has 2 heterocycles. The normalized spacial score (nSPS) is 19.0. The van der Waals surface area contributed by atoms with Crippen LogP contribution < -0.4 is 4.90 Å². The van der Waals surface area contributed by atoms with E-state index in [0.717, 1.165) is 31.3 Å². The zero-order valence-electron chi connectivity index (χ0n) is 11.9. The molecule has 1 aliphatic rings. The summed E-state index contributed by atoms with van der Waals surface area (Å²) in [7, 11) is 1.40. The van der Waals surface area contributed by atoms with Crippen molar-refractivity contribution in [2.75, 3.05) is 18.6 Å². The number of hydrogen-bond donors (Lipinski definition) is 1. The van der Waals surface area contributed by atoms with Crippen LogP contribution in [-0.2, 0) is 9.53 Å². The van der Waals surface area contributed by atoms with Gasteiger partial charge in [-0.1, -0.05) is 0 Å². The maximum absolute atomic E-state index is 13.3. The summed E-state index contributed by atoms with van der Waals surface area (Å²) < 4.78 is 18.0. The van der Waals surface area contributed by atoms with Gasteiger partial charge in [0.05, 0.1) is 24.6 Å². The molecule has 6 heteroatoms. The Bertz CT molecular complexity index is 655. The summed E-state index contributed by atoms with van der Waals surface area (Å²) in [5.41, 5.74) is 1.40. The van der Waals surface area contributed by atoms with Crippen molar-refractivity contribution < 1.29 is 13.9 Å². The second-order valence-electron chi connectivity index (χ2n) is 5.35. The number of nitrogens with zero attached hydrogens (tertiary/aromatic N) is 2. The molecule has 3 rings (SSSR count). The number of ether oxygens (including phenoxy) is 1. The minimum absolute atomic E-state index is 0.0802. The Balaban J connectivity index is 1.88. The summed E-state index contributed by atoms with van der Waals surface area (Å²) in [5.74, 6) is 0.195. The number of rotatable bonds is 3. The molecule has 1 aliphatic heterocycles. The van der Waals surface area contributed by atoms with Crippen molar-refractivity contribution in [1.29, 1.82) is 0 Å². The van der Waals surface area contributed by atoms with E-state index in [9.17, 15) is 9.18 Å². The average molecular weight is 291 g/mol. The van der Waals surface area contributed by atoms with Crippen LogP contribution in [0.1, 0.15) is 25.7 Å². The van der Waals surface area contributed by atoms with E-state index in [1.807, 2.05) is 0 Å². The van der Waals surface area contributed by atoms with Crippen LogP contribution in [0, 0.1) is 5.82 Å². The van der Waals surface area contributed by atoms with Gasteiger partial charge in [0.2, 0.25) is 5.95 Å². The first kappa shape index (κ1) is 13.9. The Kier molecular flexibility index (Phi) is 3.77. The Morgan fingerprint density at radius 3 is 3.19 bits per heavy atom. The van der Waals surface area contributed by atoms with Crippen molar-refractivity contribution in [2.24, 2.45) is 0 Å². The second-order valence-corrected chi connectivity index (χ2v) is 5.35. The van der Waals surface area contributed by atoms with E-state index >= 15 is 0 Å². The number of fused-ring (bicyclic) bond motifs is 1. The number of aromatic amines is 1. The lowest BCUT2D eigenvalue weighted by molar-refractivity contribution is -0.141. The van der Waals surface area contributed by atoms with Gasteiger partial charge in [0.1, 0.15) is 5.82 Å². The molecule has 1 aromatic heterocycles. The second kappa shape index (κ2) is 5.71. The van der Waals surface area contributed by atoms with Crippen molar-refractivity contribution >= 4 is 23.0 Å². The zero-order chi connectivity index (χ0) is 14.8. The summed E-state index contributed by atoms with van der Waals surface area (Å²) in [4.78, 5) is 21.3. The molecule has 0 spiro atoms. The van der Waals surface area contributed by atoms with Crippen LogP contribution in [0.3, 0.4) is 0 Å². The Morgan fingerprint density at radius 2 is 2.38 bits per heavy atom. The van der Waals surface area contributed by atoms with E-state index < -0.39 is 0 Å². The first-order valence-corrected chi connectivity index (χ1v) is 7.16. The van der Waals surface area contributed by atoms with Crippen molar-refractivity contribution in [3.63, 3.8) is 0 Å². The number of benzene rings is 1. The van der Waals surface area contributed by atoms with Gasteiger partial charge in [-0.15, -0.1) is 0 Å². The number of hydrogen-bond acceptors (Lipinski definition) is 4. The van der Waals surface area contributed by atoms with Gasteiger partial charge in [-0.2, -0.15) is 0 Å². The third kappa shape index (κ3) is 2.84. The number of halogens is 1. The number of anilines is 1. The first-order chi connectivity index (χ1) is 10.2. The fraction of sp³-hybridized carbons (Fsp3) is 0.467. The van der Waals surface area contributed by atoms with Crippen LogP contribution >= 0.6 is 0 Å². The highest BCUT2D eigenvalue weighted by molar-refractivity contribution is 5.78. The van der Waals surface area contributed by atoms with Gasteiger partial charge in [-0.25, -0.2) is 9.37 Å². The number of esters is 1. The highest BCUT2D eigenvalue weighted by Crippen LogP contribution is 2.26. The topological polar surface area (TPSA) is 58.2 Å². The fourth-order valence-corrected chi connectivity index (χ4v) is 2.87. The Hall–Kier alpha value is -2.11. The van der Waals surface area contributed by atoms with E-state index in [4.69, 9.17) is 4.74 Å². The maximum atomic E-state index is 13.3. The number of carbonyl (C=O) groups is 1. The molecule has 1 aromatic carbocycles. The molecular weight excluding hydrogens is 273 g/mol. The lowest BCUT2D eigenvalue weighted by Crippen LogP contribution is -2.41. The van der Waals surface area contributed by atoms with Crippen molar-refractivity contribution in [2.45, 2.75) is 31.7 Å². The van der Waals surface area contributed by atoms with Crippen molar-refractivity contribution in [3.05, 3.63) is 24.0 Å². The summed E-state index contributed by atoms with van der Waals surface area (Å²) in [6, 6.07) is 4.57. The molecule has 0 radical (unpaired) electrons. The predicted octanol–water partition coefficient (Wildman–Crippen LogP) is 2.62. The molecule has 112 valence electrons. The van der Waals surface area contributed by atoms with Gasteiger partial charge in [-0.05, 0) is 37.5 Å². The molecule has 1 atom stereocenters. The quantitative estimate of drug-likeness (QED) is 0.883.